The molecule has 1 aromatic heterocycles. The van der Waals surface area contributed by atoms with Gasteiger partial charge >= 0.3 is 0 Å². The van der Waals surface area contributed by atoms with Crippen molar-refractivity contribution in [2.75, 3.05) is 5.73 Å². The molecule has 5 nitrogen and oxygen atoms in total. The van der Waals surface area contributed by atoms with Crippen LogP contribution in [-0.2, 0) is 0 Å². The van der Waals surface area contributed by atoms with Gasteiger partial charge in [-0.05, 0) is 36.5 Å². The van der Waals surface area contributed by atoms with Crippen LogP contribution in [0.5, 0.6) is 0 Å². The number of aromatic nitrogens is 1. The van der Waals surface area contributed by atoms with Crippen molar-refractivity contribution in [1.82, 2.24) is 10.3 Å². The zero-order chi connectivity index (χ0) is 15.5. The lowest BCUT2D eigenvalue weighted by Crippen LogP contribution is -2.41. The van der Waals surface area contributed by atoms with Crippen molar-refractivity contribution >= 4 is 11.7 Å². The molecule has 1 fully saturated rings. The molecule has 0 radical (unpaired) electrons. The van der Waals surface area contributed by atoms with Crippen molar-refractivity contribution in [2.45, 2.75) is 25.0 Å². The molecular weight excluding hydrogens is 278 g/mol. The molecule has 114 valence electrons. The second kappa shape index (κ2) is 6.15. The molecule has 4 N–H and O–H groups in total. The molecular formula is C17H19N3O2. The Hall–Kier alpha value is -2.40. The first kappa shape index (κ1) is 14.5. The van der Waals surface area contributed by atoms with Gasteiger partial charge in [0, 0.05) is 6.20 Å². The molecule has 5 heteroatoms. The highest BCUT2D eigenvalue weighted by Gasteiger charge is 2.35. The number of benzene rings is 1. The highest BCUT2D eigenvalue weighted by atomic mass is 16.3. The Morgan fingerprint density at radius 3 is 2.55 bits per heavy atom. The molecule has 1 saturated carbocycles. The minimum atomic E-state index is -0.258. The normalized spacial score (nSPS) is 21.7. The number of nitrogens with zero attached hydrogens (tertiary/aromatic N) is 1. The highest BCUT2D eigenvalue weighted by molar-refractivity contribution is 5.94. The van der Waals surface area contributed by atoms with Gasteiger partial charge in [-0.1, -0.05) is 30.3 Å². The Morgan fingerprint density at radius 1 is 1.23 bits per heavy atom. The zero-order valence-corrected chi connectivity index (χ0v) is 12.1. The number of carbonyl (C=O) groups is 1. The maximum Gasteiger partial charge on any atom is 0.253 e. The van der Waals surface area contributed by atoms with Crippen LogP contribution in [0.3, 0.4) is 0 Å². The number of carbonyl (C=O) groups excluding carboxylic acids is 1. The summed E-state index contributed by atoms with van der Waals surface area (Å²) >= 11 is 0. The summed E-state index contributed by atoms with van der Waals surface area (Å²) in [6, 6.07) is 13.0. The van der Waals surface area contributed by atoms with E-state index in [1.165, 1.54) is 6.20 Å². The number of hydrogen-bond acceptors (Lipinski definition) is 4. The van der Waals surface area contributed by atoms with Gasteiger partial charge in [0.1, 0.15) is 5.82 Å². The van der Waals surface area contributed by atoms with Crippen molar-refractivity contribution in [1.29, 1.82) is 0 Å². The average molecular weight is 297 g/mol. The Labute approximate surface area is 129 Å². The first-order valence-electron chi connectivity index (χ1n) is 7.39. The van der Waals surface area contributed by atoms with E-state index in [2.05, 4.69) is 10.3 Å². The molecule has 1 aliphatic carbocycles. The maximum atomic E-state index is 12.4. The van der Waals surface area contributed by atoms with Gasteiger partial charge in [-0.25, -0.2) is 4.98 Å². The summed E-state index contributed by atoms with van der Waals surface area (Å²) in [7, 11) is 0. The van der Waals surface area contributed by atoms with Gasteiger partial charge < -0.3 is 16.2 Å². The molecule has 1 amide bonds. The molecule has 0 aliphatic heterocycles. The van der Waals surface area contributed by atoms with E-state index in [0.717, 1.165) is 5.56 Å². The lowest BCUT2D eigenvalue weighted by molar-refractivity contribution is 0.0235. The van der Waals surface area contributed by atoms with Gasteiger partial charge in [-0.3, -0.25) is 4.79 Å². The fourth-order valence-corrected chi connectivity index (χ4v) is 2.80. The van der Waals surface area contributed by atoms with Crippen LogP contribution in [0.25, 0.3) is 0 Å². The van der Waals surface area contributed by atoms with Crippen molar-refractivity contribution in [3.8, 4) is 0 Å². The number of hydrogen-bond donors (Lipinski definition) is 3. The van der Waals surface area contributed by atoms with Gasteiger partial charge in [0.25, 0.3) is 5.91 Å². The third-order valence-electron chi connectivity index (χ3n) is 4.11. The number of aliphatic hydroxyl groups is 1. The van der Waals surface area contributed by atoms with Crippen molar-refractivity contribution in [3.63, 3.8) is 0 Å². The first-order chi connectivity index (χ1) is 10.6. The van der Waals surface area contributed by atoms with Crippen molar-refractivity contribution < 1.29 is 9.90 Å². The molecule has 3 rings (SSSR count). The lowest BCUT2D eigenvalue weighted by atomic mass is 9.75. The van der Waals surface area contributed by atoms with Gasteiger partial charge in [-0.15, -0.1) is 0 Å². The summed E-state index contributed by atoms with van der Waals surface area (Å²) < 4.78 is 0. The van der Waals surface area contributed by atoms with Crippen LogP contribution in [0.2, 0.25) is 0 Å². The quantitative estimate of drug-likeness (QED) is 0.804. The Kier molecular flexibility index (Phi) is 4.06. The van der Waals surface area contributed by atoms with Crippen LogP contribution in [0.1, 0.15) is 34.8 Å². The summed E-state index contributed by atoms with van der Waals surface area (Å²) in [4.78, 5) is 16.4. The number of pyridine rings is 1. The molecule has 0 saturated heterocycles. The second-order valence-corrected chi connectivity index (χ2v) is 5.72. The predicted octanol–water partition coefficient (Wildman–Crippen LogP) is 1.91. The smallest absolute Gasteiger partial charge is 0.253 e. The molecule has 1 aliphatic rings. The molecule has 0 bridgehead atoms. The molecule has 1 heterocycles. The van der Waals surface area contributed by atoms with E-state index in [1.54, 1.807) is 12.1 Å². The van der Waals surface area contributed by atoms with Gasteiger partial charge in [-0.2, -0.15) is 0 Å². The van der Waals surface area contributed by atoms with Crippen LogP contribution >= 0.6 is 0 Å². The number of rotatable bonds is 4. The molecule has 1 atom stereocenters. The van der Waals surface area contributed by atoms with Crippen LogP contribution in [0.4, 0.5) is 5.82 Å². The fraction of sp³-hybridized carbons (Fsp3) is 0.294. The third kappa shape index (κ3) is 3.09. The summed E-state index contributed by atoms with van der Waals surface area (Å²) in [5, 5.41) is 12.6. The van der Waals surface area contributed by atoms with Crippen molar-refractivity contribution in [3.05, 3.63) is 59.8 Å². The summed E-state index contributed by atoms with van der Waals surface area (Å²) in [5.74, 6) is 0.462. The minimum absolute atomic E-state index is 0.102. The van der Waals surface area contributed by atoms with Crippen molar-refractivity contribution in [2.24, 2.45) is 5.92 Å². The average Bonchev–Trinajstić information content (AvgIpc) is 2.51. The number of nitrogens with two attached hydrogens (primary N) is 1. The predicted molar refractivity (Wildman–Crippen MR) is 84.0 cm³/mol. The van der Waals surface area contributed by atoms with E-state index in [4.69, 9.17) is 5.73 Å². The van der Waals surface area contributed by atoms with Crippen LogP contribution in [0.15, 0.2) is 48.7 Å². The fourth-order valence-electron chi connectivity index (χ4n) is 2.80. The number of aliphatic hydroxyl groups excluding tert-OH is 1. The molecule has 1 unspecified atom stereocenters. The first-order valence-corrected chi connectivity index (χ1v) is 7.39. The summed E-state index contributed by atoms with van der Waals surface area (Å²) in [5.41, 5.74) is 7.08. The maximum absolute atomic E-state index is 12.4. The van der Waals surface area contributed by atoms with E-state index in [0.29, 0.717) is 24.2 Å². The van der Waals surface area contributed by atoms with E-state index in [9.17, 15) is 9.90 Å². The molecule has 1 aromatic carbocycles. The third-order valence-corrected chi connectivity index (χ3v) is 4.11. The molecule has 2 aromatic rings. The minimum Gasteiger partial charge on any atom is -0.393 e. The standard InChI is InChI=1S/C17H19N3O2/c18-15-7-6-12(10-19-15)17(22)20-16(13-8-14(21)9-13)11-4-2-1-3-5-11/h1-7,10,13-14,16,21H,8-9H2,(H2,18,19)(H,20,22). The number of anilines is 1. The Morgan fingerprint density at radius 2 is 1.95 bits per heavy atom. The number of nitrogens with one attached hydrogen (secondary N) is 1. The SMILES string of the molecule is Nc1ccc(C(=O)NC(c2ccccc2)C2CC(O)C2)cn1. The van der Waals surface area contributed by atoms with E-state index >= 15 is 0 Å². The summed E-state index contributed by atoms with van der Waals surface area (Å²) in [6.07, 6.45) is 2.63. The Balaban J connectivity index is 1.78. The number of nitrogen functional groups attached to an aromatic ring is 1. The van der Waals surface area contributed by atoms with Gasteiger partial charge in [0.15, 0.2) is 0 Å². The lowest BCUT2D eigenvalue weighted by Gasteiger charge is -2.38. The molecule has 22 heavy (non-hydrogen) atoms. The van der Waals surface area contributed by atoms with Crippen LogP contribution < -0.4 is 11.1 Å². The summed E-state index contributed by atoms with van der Waals surface area (Å²) in [6.45, 7) is 0. The monoisotopic (exact) mass is 297 g/mol. The van der Waals surface area contributed by atoms with E-state index in [-0.39, 0.29) is 24.0 Å². The highest BCUT2D eigenvalue weighted by Crippen LogP contribution is 2.38. The van der Waals surface area contributed by atoms with E-state index in [1.807, 2.05) is 30.3 Å². The topological polar surface area (TPSA) is 88.2 Å². The zero-order valence-electron chi connectivity index (χ0n) is 12.1. The van der Waals surface area contributed by atoms with Crippen LogP contribution in [-0.4, -0.2) is 22.1 Å². The van der Waals surface area contributed by atoms with Gasteiger partial charge in [0.05, 0.1) is 17.7 Å². The number of amides is 1. The van der Waals surface area contributed by atoms with Crippen LogP contribution in [0, 0.1) is 5.92 Å². The second-order valence-electron chi connectivity index (χ2n) is 5.72. The largest absolute Gasteiger partial charge is 0.393 e. The van der Waals surface area contributed by atoms with Gasteiger partial charge in [0.2, 0.25) is 0 Å². The molecule has 0 spiro atoms. The van der Waals surface area contributed by atoms with E-state index < -0.39 is 0 Å². The Bertz CT molecular complexity index is 637.